The Balaban J connectivity index is 1.50. The number of likely N-dealkylation sites (tertiary alicyclic amines) is 1. The van der Waals surface area contributed by atoms with E-state index in [-0.39, 0.29) is 17.6 Å². The average Bonchev–Trinajstić information content (AvgIpc) is 2.70. The van der Waals surface area contributed by atoms with Crippen LogP contribution in [0.15, 0.2) is 60.2 Å². The molecule has 1 fully saturated rings. The molecule has 2 aromatic rings. The molecule has 1 aliphatic heterocycles. The zero-order valence-corrected chi connectivity index (χ0v) is 16.5. The number of rotatable bonds is 6. The first kappa shape index (κ1) is 20.1. The predicted molar refractivity (Wildman–Crippen MR) is 110 cm³/mol. The number of hydrogen-bond donors (Lipinski definition) is 1. The Morgan fingerprint density at radius 3 is 2.46 bits per heavy atom. The lowest BCUT2D eigenvalue weighted by Gasteiger charge is -2.30. The number of nitrogens with zero attached hydrogens (tertiary/aromatic N) is 1. The third-order valence-electron chi connectivity index (χ3n) is 4.90. The Kier molecular flexibility index (Phi) is 6.82. The number of carbonyl (C=O) groups is 1. The molecular formula is C23H27FN2O2. The Morgan fingerprint density at radius 1 is 1.14 bits per heavy atom. The Labute approximate surface area is 166 Å². The van der Waals surface area contributed by atoms with Crippen LogP contribution in [0.5, 0.6) is 11.5 Å². The number of piperidine rings is 1. The number of carbonyl (C=O) groups excluding carboxylic acids is 1. The molecule has 5 heteroatoms. The summed E-state index contributed by atoms with van der Waals surface area (Å²) in [4.78, 5) is 14.9. The monoisotopic (exact) mass is 382 g/mol. The number of nitrogens with one attached hydrogen (secondary N) is 1. The second-order valence-electron chi connectivity index (χ2n) is 7.40. The van der Waals surface area contributed by atoms with E-state index in [1.165, 1.54) is 11.6 Å². The van der Waals surface area contributed by atoms with Crippen molar-refractivity contribution in [3.05, 3.63) is 66.0 Å². The van der Waals surface area contributed by atoms with Crippen LogP contribution in [0.1, 0.15) is 26.7 Å². The van der Waals surface area contributed by atoms with Crippen LogP contribution in [0.25, 0.3) is 0 Å². The number of benzene rings is 2. The van der Waals surface area contributed by atoms with E-state index in [1.807, 2.05) is 0 Å². The van der Waals surface area contributed by atoms with Gasteiger partial charge in [0, 0.05) is 18.2 Å². The van der Waals surface area contributed by atoms with Crippen LogP contribution < -0.4 is 10.1 Å². The van der Waals surface area contributed by atoms with Crippen molar-refractivity contribution < 1.29 is 13.9 Å². The SMILES string of the molecule is CC(C)=CCN1CCC(C(=O)Nc2ccc(Oc3ccccc3F)cc2)CC1. The third-order valence-corrected chi connectivity index (χ3v) is 4.90. The highest BCUT2D eigenvalue weighted by molar-refractivity contribution is 5.92. The van der Waals surface area contributed by atoms with Crippen LogP contribution in [0.3, 0.4) is 0 Å². The lowest BCUT2D eigenvalue weighted by atomic mass is 9.95. The second kappa shape index (κ2) is 9.51. The molecule has 4 nitrogen and oxygen atoms in total. The van der Waals surface area contributed by atoms with E-state index in [0.717, 1.165) is 38.2 Å². The van der Waals surface area contributed by atoms with Crippen LogP contribution >= 0.6 is 0 Å². The maximum Gasteiger partial charge on any atom is 0.227 e. The lowest BCUT2D eigenvalue weighted by Crippen LogP contribution is -2.38. The summed E-state index contributed by atoms with van der Waals surface area (Å²) < 4.78 is 19.2. The number of para-hydroxylation sites is 1. The fourth-order valence-electron chi connectivity index (χ4n) is 3.19. The van der Waals surface area contributed by atoms with Gasteiger partial charge in [-0.25, -0.2) is 4.39 Å². The summed E-state index contributed by atoms with van der Waals surface area (Å²) in [5.41, 5.74) is 2.04. The molecule has 1 amide bonds. The molecule has 0 unspecified atom stereocenters. The second-order valence-corrected chi connectivity index (χ2v) is 7.40. The van der Waals surface area contributed by atoms with E-state index in [4.69, 9.17) is 4.74 Å². The Hall–Kier alpha value is -2.66. The summed E-state index contributed by atoms with van der Waals surface area (Å²) in [6.07, 6.45) is 3.97. The van der Waals surface area contributed by atoms with Crippen molar-refractivity contribution in [1.29, 1.82) is 0 Å². The van der Waals surface area contributed by atoms with Gasteiger partial charge in [-0.1, -0.05) is 23.8 Å². The smallest absolute Gasteiger partial charge is 0.227 e. The minimum absolute atomic E-state index is 0.0392. The first-order chi connectivity index (χ1) is 13.5. The van der Waals surface area contributed by atoms with E-state index in [0.29, 0.717) is 5.75 Å². The number of ether oxygens (including phenoxy) is 1. The summed E-state index contributed by atoms with van der Waals surface area (Å²) in [5, 5.41) is 2.98. The van der Waals surface area contributed by atoms with E-state index in [1.54, 1.807) is 42.5 Å². The van der Waals surface area contributed by atoms with Gasteiger partial charge < -0.3 is 10.1 Å². The molecule has 148 valence electrons. The quantitative estimate of drug-likeness (QED) is 0.695. The first-order valence-corrected chi connectivity index (χ1v) is 9.70. The predicted octanol–water partition coefficient (Wildman–Crippen LogP) is 5.23. The highest BCUT2D eigenvalue weighted by atomic mass is 19.1. The molecule has 0 atom stereocenters. The van der Waals surface area contributed by atoms with Gasteiger partial charge in [0.05, 0.1) is 0 Å². The minimum Gasteiger partial charge on any atom is -0.454 e. The molecule has 0 spiro atoms. The summed E-state index contributed by atoms with van der Waals surface area (Å²) >= 11 is 0. The minimum atomic E-state index is -0.407. The number of halogens is 1. The maximum atomic E-state index is 13.7. The van der Waals surface area contributed by atoms with E-state index in [2.05, 4.69) is 30.1 Å². The summed E-state index contributed by atoms with van der Waals surface area (Å²) in [6.45, 7) is 7.05. The molecule has 0 radical (unpaired) electrons. The summed E-state index contributed by atoms with van der Waals surface area (Å²) in [7, 11) is 0. The van der Waals surface area contributed by atoms with Crippen molar-refractivity contribution in [3.63, 3.8) is 0 Å². The Morgan fingerprint density at radius 2 is 1.82 bits per heavy atom. The van der Waals surface area contributed by atoms with Crippen molar-refractivity contribution in [2.24, 2.45) is 5.92 Å². The molecule has 0 aliphatic carbocycles. The molecule has 1 aliphatic rings. The van der Waals surface area contributed by atoms with Crippen molar-refractivity contribution >= 4 is 11.6 Å². The van der Waals surface area contributed by atoms with E-state index < -0.39 is 5.82 Å². The molecule has 0 aromatic heterocycles. The van der Waals surface area contributed by atoms with Gasteiger partial charge in [0.25, 0.3) is 0 Å². The average molecular weight is 382 g/mol. The van der Waals surface area contributed by atoms with Crippen LogP contribution in [0.2, 0.25) is 0 Å². The van der Waals surface area contributed by atoms with Gasteiger partial charge >= 0.3 is 0 Å². The van der Waals surface area contributed by atoms with Crippen molar-refractivity contribution in [1.82, 2.24) is 4.90 Å². The van der Waals surface area contributed by atoms with Crippen molar-refractivity contribution in [3.8, 4) is 11.5 Å². The fraction of sp³-hybridized carbons (Fsp3) is 0.348. The van der Waals surface area contributed by atoms with Gasteiger partial charge in [0.2, 0.25) is 5.91 Å². The number of amides is 1. The van der Waals surface area contributed by atoms with Crippen LogP contribution in [0.4, 0.5) is 10.1 Å². The van der Waals surface area contributed by atoms with E-state index in [9.17, 15) is 9.18 Å². The zero-order chi connectivity index (χ0) is 19.9. The van der Waals surface area contributed by atoms with Crippen LogP contribution in [-0.4, -0.2) is 30.4 Å². The maximum absolute atomic E-state index is 13.7. The molecule has 1 heterocycles. The fourth-order valence-corrected chi connectivity index (χ4v) is 3.19. The third kappa shape index (κ3) is 5.67. The summed E-state index contributed by atoms with van der Waals surface area (Å²) in [5.74, 6) is 0.396. The largest absolute Gasteiger partial charge is 0.454 e. The van der Waals surface area contributed by atoms with Gasteiger partial charge in [-0.3, -0.25) is 9.69 Å². The van der Waals surface area contributed by atoms with Crippen LogP contribution in [-0.2, 0) is 4.79 Å². The first-order valence-electron chi connectivity index (χ1n) is 9.70. The topological polar surface area (TPSA) is 41.6 Å². The molecule has 3 rings (SSSR count). The van der Waals surface area contributed by atoms with Crippen molar-refractivity contribution in [2.45, 2.75) is 26.7 Å². The molecule has 28 heavy (non-hydrogen) atoms. The number of anilines is 1. The van der Waals surface area contributed by atoms with Gasteiger partial charge in [-0.05, 0) is 76.2 Å². The van der Waals surface area contributed by atoms with Crippen molar-refractivity contribution in [2.75, 3.05) is 25.0 Å². The highest BCUT2D eigenvalue weighted by Crippen LogP contribution is 2.26. The van der Waals surface area contributed by atoms with Gasteiger partial charge in [0.15, 0.2) is 11.6 Å². The molecule has 2 aromatic carbocycles. The number of hydrogen-bond acceptors (Lipinski definition) is 3. The zero-order valence-electron chi connectivity index (χ0n) is 16.5. The van der Waals surface area contributed by atoms with Gasteiger partial charge in [-0.15, -0.1) is 0 Å². The Bertz CT molecular complexity index is 821. The van der Waals surface area contributed by atoms with Crippen LogP contribution in [0, 0.1) is 11.7 Å². The highest BCUT2D eigenvalue weighted by Gasteiger charge is 2.24. The molecule has 0 saturated carbocycles. The molecular weight excluding hydrogens is 355 g/mol. The lowest BCUT2D eigenvalue weighted by molar-refractivity contribution is -0.121. The van der Waals surface area contributed by atoms with Gasteiger partial charge in [-0.2, -0.15) is 0 Å². The molecule has 1 N–H and O–H groups in total. The standard InChI is InChI=1S/C23H27FN2O2/c1-17(2)11-14-26-15-12-18(13-16-26)23(27)25-19-7-9-20(10-8-19)28-22-6-4-3-5-21(22)24/h3-11,18H,12-16H2,1-2H3,(H,25,27). The molecule has 0 bridgehead atoms. The number of allylic oxidation sites excluding steroid dienone is 1. The van der Waals surface area contributed by atoms with E-state index >= 15 is 0 Å². The summed E-state index contributed by atoms with van der Waals surface area (Å²) in [6, 6.07) is 13.3. The molecule has 1 saturated heterocycles. The van der Waals surface area contributed by atoms with Gasteiger partial charge in [0.1, 0.15) is 5.75 Å². The normalized spacial score (nSPS) is 15.1.